The summed E-state index contributed by atoms with van der Waals surface area (Å²) in [6.45, 7) is 2.78. The zero-order chi connectivity index (χ0) is 16.4. The summed E-state index contributed by atoms with van der Waals surface area (Å²) in [7, 11) is 0. The Kier molecular flexibility index (Phi) is 3.80. The van der Waals surface area contributed by atoms with Crippen molar-refractivity contribution in [2.45, 2.75) is 0 Å². The van der Waals surface area contributed by atoms with Crippen molar-refractivity contribution in [3.63, 3.8) is 0 Å². The molecule has 4 heterocycles. The number of hydrogen-bond donors (Lipinski definition) is 1. The molecule has 122 valence electrons. The average molecular weight is 324 g/mol. The molecule has 0 spiro atoms. The third-order valence-electron chi connectivity index (χ3n) is 3.95. The number of fused-ring (bicyclic) bond motifs is 1. The molecular formula is C16H16N6O2. The maximum Gasteiger partial charge on any atom is 0.257 e. The van der Waals surface area contributed by atoms with Crippen molar-refractivity contribution in [1.82, 2.24) is 19.6 Å². The van der Waals surface area contributed by atoms with Crippen LogP contribution in [0.3, 0.4) is 0 Å². The van der Waals surface area contributed by atoms with E-state index in [1.54, 1.807) is 35.2 Å². The van der Waals surface area contributed by atoms with E-state index in [2.05, 4.69) is 25.3 Å². The number of morpholine rings is 1. The van der Waals surface area contributed by atoms with E-state index in [1.807, 2.05) is 6.07 Å². The van der Waals surface area contributed by atoms with Crippen LogP contribution in [0, 0.1) is 0 Å². The highest BCUT2D eigenvalue weighted by molar-refractivity contribution is 6.09. The number of carbonyl (C=O) groups is 1. The molecule has 1 fully saturated rings. The van der Waals surface area contributed by atoms with Crippen LogP contribution in [0.4, 0.5) is 11.4 Å². The number of nitrogens with one attached hydrogen (secondary N) is 1. The highest BCUT2D eigenvalue weighted by atomic mass is 16.5. The van der Waals surface area contributed by atoms with Crippen molar-refractivity contribution < 1.29 is 9.53 Å². The van der Waals surface area contributed by atoms with Gasteiger partial charge >= 0.3 is 0 Å². The molecule has 1 aliphatic rings. The molecule has 24 heavy (non-hydrogen) atoms. The van der Waals surface area contributed by atoms with Crippen molar-refractivity contribution >= 4 is 22.9 Å². The van der Waals surface area contributed by atoms with E-state index < -0.39 is 0 Å². The van der Waals surface area contributed by atoms with E-state index in [0.29, 0.717) is 30.1 Å². The number of amides is 1. The average Bonchev–Trinajstić information content (AvgIpc) is 3.12. The largest absolute Gasteiger partial charge is 0.378 e. The van der Waals surface area contributed by atoms with E-state index >= 15 is 0 Å². The molecule has 0 atom stereocenters. The predicted octanol–water partition coefficient (Wildman–Crippen LogP) is 1.21. The molecule has 3 aromatic heterocycles. The Labute approximate surface area is 138 Å². The first-order chi connectivity index (χ1) is 11.8. The van der Waals surface area contributed by atoms with Gasteiger partial charge in [0.1, 0.15) is 6.33 Å². The van der Waals surface area contributed by atoms with Gasteiger partial charge in [0.25, 0.3) is 5.91 Å². The van der Waals surface area contributed by atoms with Crippen LogP contribution in [0.2, 0.25) is 0 Å². The molecule has 0 aromatic carbocycles. The van der Waals surface area contributed by atoms with Crippen molar-refractivity contribution in [3.8, 4) is 0 Å². The number of ether oxygens (including phenoxy) is 1. The molecule has 1 amide bonds. The first-order valence-electron chi connectivity index (χ1n) is 7.69. The van der Waals surface area contributed by atoms with Gasteiger partial charge in [-0.15, -0.1) is 0 Å². The molecule has 8 nitrogen and oxygen atoms in total. The molecule has 0 saturated carbocycles. The minimum absolute atomic E-state index is 0.199. The fraction of sp³-hybridized carbons (Fsp3) is 0.250. The Bertz CT molecular complexity index is 872. The van der Waals surface area contributed by atoms with Crippen molar-refractivity contribution in [3.05, 3.63) is 48.7 Å². The van der Waals surface area contributed by atoms with Crippen LogP contribution in [-0.4, -0.2) is 51.8 Å². The van der Waals surface area contributed by atoms with Gasteiger partial charge in [0.2, 0.25) is 0 Å². The van der Waals surface area contributed by atoms with Gasteiger partial charge in [-0.3, -0.25) is 9.78 Å². The minimum atomic E-state index is -0.199. The molecule has 1 N–H and O–H groups in total. The summed E-state index contributed by atoms with van der Waals surface area (Å²) >= 11 is 0. The van der Waals surface area contributed by atoms with Crippen LogP contribution in [-0.2, 0) is 4.74 Å². The second-order valence-electron chi connectivity index (χ2n) is 5.40. The molecule has 0 bridgehead atoms. The molecule has 0 radical (unpaired) electrons. The van der Waals surface area contributed by atoms with Crippen LogP contribution in [0.15, 0.2) is 43.1 Å². The number of carbonyl (C=O) groups excluding carboxylic acids is 1. The SMILES string of the molecule is O=C(Nc1cccn2ncnc12)c1ccncc1N1CCOCC1. The lowest BCUT2D eigenvalue weighted by Gasteiger charge is -2.29. The van der Waals surface area contributed by atoms with E-state index in [0.717, 1.165) is 18.8 Å². The van der Waals surface area contributed by atoms with Crippen LogP contribution in [0.25, 0.3) is 5.65 Å². The van der Waals surface area contributed by atoms with Gasteiger partial charge in [0.15, 0.2) is 5.65 Å². The lowest BCUT2D eigenvalue weighted by atomic mass is 10.2. The van der Waals surface area contributed by atoms with Gasteiger partial charge in [0, 0.05) is 25.5 Å². The number of aromatic nitrogens is 4. The number of nitrogens with zero attached hydrogens (tertiary/aromatic N) is 5. The maximum atomic E-state index is 12.8. The Hall–Kier alpha value is -3.00. The third-order valence-corrected chi connectivity index (χ3v) is 3.95. The Morgan fingerprint density at radius 1 is 1.25 bits per heavy atom. The highest BCUT2D eigenvalue weighted by Gasteiger charge is 2.19. The molecule has 1 aliphatic heterocycles. The lowest BCUT2D eigenvalue weighted by Crippen LogP contribution is -2.37. The molecule has 1 saturated heterocycles. The summed E-state index contributed by atoms with van der Waals surface area (Å²) in [5, 5.41) is 6.99. The number of hydrogen-bond acceptors (Lipinski definition) is 6. The summed E-state index contributed by atoms with van der Waals surface area (Å²) in [6, 6.07) is 5.34. The van der Waals surface area contributed by atoms with Gasteiger partial charge in [-0.2, -0.15) is 5.10 Å². The minimum Gasteiger partial charge on any atom is -0.378 e. The topological polar surface area (TPSA) is 84.7 Å². The Morgan fingerprint density at radius 3 is 3.00 bits per heavy atom. The summed E-state index contributed by atoms with van der Waals surface area (Å²) in [5.74, 6) is -0.199. The van der Waals surface area contributed by atoms with Gasteiger partial charge in [-0.05, 0) is 18.2 Å². The summed E-state index contributed by atoms with van der Waals surface area (Å²) in [6.07, 6.45) is 6.58. The smallest absolute Gasteiger partial charge is 0.257 e. The fourth-order valence-corrected chi connectivity index (χ4v) is 2.77. The van der Waals surface area contributed by atoms with Crippen LogP contribution < -0.4 is 10.2 Å². The Balaban J connectivity index is 1.64. The monoisotopic (exact) mass is 324 g/mol. The fourth-order valence-electron chi connectivity index (χ4n) is 2.77. The molecular weight excluding hydrogens is 308 g/mol. The molecule has 4 rings (SSSR count). The first-order valence-corrected chi connectivity index (χ1v) is 7.69. The van der Waals surface area contributed by atoms with E-state index in [-0.39, 0.29) is 5.91 Å². The standard InChI is InChI=1S/C16H16N6O2/c23-16(20-13-2-1-5-22-15(13)18-11-19-22)12-3-4-17-10-14(12)21-6-8-24-9-7-21/h1-5,10-11H,6-9H2,(H,20,23). The van der Waals surface area contributed by atoms with Gasteiger partial charge in [-0.1, -0.05) is 0 Å². The summed E-state index contributed by atoms with van der Waals surface area (Å²) in [4.78, 5) is 23.2. The zero-order valence-electron chi connectivity index (χ0n) is 12.9. The van der Waals surface area contributed by atoms with Gasteiger partial charge < -0.3 is 15.0 Å². The molecule has 3 aromatic rings. The normalized spacial score (nSPS) is 14.8. The maximum absolute atomic E-state index is 12.8. The summed E-state index contributed by atoms with van der Waals surface area (Å²) < 4.78 is 6.99. The predicted molar refractivity (Wildman–Crippen MR) is 88.2 cm³/mol. The van der Waals surface area contributed by atoms with E-state index in [1.165, 1.54) is 6.33 Å². The van der Waals surface area contributed by atoms with Crippen LogP contribution in [0.1, 0.15) is 10.4 Å². The zero-order valence-corrected chi connectivity index (χ0v) is 12.9. The summed E-state index contributed by atoms with van der Waals surface area (Å²) in [5.41, 5.74) is 2.61. The number of rotatable bonds is 3. The van der Waals surface area contributed by atoms with E-state index in [4.69, 9.17) is 4.74 Å². The number of pyridine rings is 2. The quantitative estimate of drug-likeness (QED) is 0.779. The molecule has 0 aliphatic carbocycles. The Morgan fingerprint density at radius 2 is 2.12 bits per heavy atom. The van der Waals surface area contributed by atoms with Crippen LogP contribution in [0.5, 0.6) is 0 Å². The third kappa shape index (κ3) is 2.67. The molecule has 8 heteroatoms. The second kappa shape index (κ2) is 6.25. The molecule has 0 unspecified atom stereocenters. The second-order valence-corrected chi connectivity index (χ2v) is 5.40. The van der Waals surface area contributed by atoms with Crippen molar-refractivity contribution in [2.75, 3.05) is 36.5 Å². The van der Waals surface area contributed by atoms with Crippen molar-refractivity contribution in [2.24, 2.45) is 0 Å². The first kappa shape index (κ1) is 14.6. The number of anilines is 2. The highest BCUT2D eigenvalue weighted by Crippen LogP contribution is 2.22. The van der Waals surface area contributed by atoms with Gasteiger partial charge in [0.05, 0.1) is 36.3 Å². The van der Waals surface area contributed by atoms with E-state index in [9.17, 15) is 4.79 Å². The van der Waals surface area contributed by atoms with Crippen molar-refractivity contribution in [1.29, 1.82) is 0 Å². The lowest BCUT2D eigenvalue weighted by molar-refractivity contribution is 0.102. The van der Waals surface area contributed by atoms with Gasteiger partial charge in [-0.25, -0.2) is 9.50 Å². The van der Waals surface area contributed by atoms with Crippen LogP contribution >= 0.6 is 0 Å².